The first-order chi connectivity index (χ1) is 8.69. The molecular weight excluding hydrogens is 249 g/mol. The van der Waals surface area contributed by atoms with Gasteiger partial charge in [0.1, 0.15) is 5.82 Å². The highest BCUT2D eigenvalue weighted by Gasteiger charge is 2.18. The zero-order valence-corrected chi connectivity index (χ0v) is 11.0. The molecule has 1 amide bonds. The lowest BCUT2D eigenvalue weighted by Crippen LogP contribution is -2.40. The summed E-state index contributed by atoms with van der Waals surface area (Å²) in [5, 5.41) is 11.2. The second kappa shape index (κ2) is 5.65. The number of hydrogen-bond acceptors (Lipinski definition) is 2. The molecule has 0 bridgehead atoms. The number of carbonyl (C=O) groups excluding carboxylic acids is 1. The lowest BCUT2D eigenvalue weighted by molar-refractivity contribution is -0.131. The zero-order valence-electron chi connectivity index (χ0n) is 11.0. The van der Waals surface area contributed by atoms with Crippen LogP contribution in [0.2, 0.25) is 0 Å². The molecule has 0 aromatic heterocycles. The number of nitrogens with one attached hydrogen (secondary N) is 1. The van der Waals surface area contributed by atoms with Gasteiger partial charge in [0.05, 0.1) is 5.56 Å². The largest absolute Gasteiger partial charge is 0.478 e. The molecule has 1 rings (SSSR count). The molecule has 0 spiro atoms. The van der Waals surface area contributed by atoms with Gasteiger partial charge < -0.3 is 10.4 Å². The quantitative estimate of drug-likeness (QED) is 0.825. The van der Waals surface area contributed by atoms with Crippen LogP contribution in [-0.2, 0) is 4.79 Å². The van der Waals surface area contributed by atoms with Crippen LogP contribution in [0.1, 0.15) is 36.7 Å². The highest BCUT2D eigenvalue weighted by Crippen LogP contribution is 2.13. The Morgan fingerprint density at radius 2 is 1.95 bits per heavy atom. The van der Waals surface area contributed by atoms with Gasteiger partial charge in [0.2, 0.25) is 0 Å². The Hall–Kier alpha value is -2.17. The Labute approximate surface area is 110 Å². The van der Waals surface area contributed by atoms with E-state index < -0.39 is 23.2 Å². The van der Waals surface area contributed by atoms with E-state index in [2.05, 4.69) is 5.32 Å². The molecule has 0 saturated heterocycles. The average Bonchev–Trinajstić information content (AvgIpc) is 2.25. The molecular formula is C14H16FNO3. The molecule has 0 aliphatic carbocycles. The summed E-state index contributed by atoms with van der Waals surface area (Å²) in [4.78, 5) is 22.3. The van der Waals surface area contributed by atoms with Gasteiger partial charge in [-0.1, -0.05) is 6.07 Å². The minimum absolute atomic E-state index is 0.109. The van der Waals surface area contributed by atoms with Crippen molar-refractivity contribution in [2.45, 2.75) is 26.3 Å². The van der Waals surface area contributed by atoms with Crippen LogP contribution in [0.4, 0.5) is 4.39 Å². The fourth-order valence-electron chi connectivity index (χ4n) is 1.40. The van der Waals surface area contributed by atoms with Crippen molar-refractivity contribution in [3.63, 3.8) is 0 Å². The van der Waals surface area contributed by atoms with Gasteiger partial charge >= 0.3 is 5.97 Å². The summed E-state index contributed by atoms with van der Waals surface area (Å²) < 4.78 is 13.6. The summed E-state index contributed by atoms with van der Waals surface area (Å²) in [6.07, 6.45) is 2.23. The third-order valence-electron chi connectivity index (χ3n) is 2.14. The van der Waals surface area contributed by atoms with E-state index in [-0.39, 0.29) is 5.56 Å². The van der Waals surface area contributed by atoms with E-state index >= 15 is 0 Å². The molecule has 0 atom stereocenters. The molecule has 0 heterocycles. The van der Waals surface area contributed by atoms with Crippen LogP contribution in [0.15, 0.2) is 24.3 Å². The number of carboxylic acid groups (broad SMARTS) is 1. The monoisotopic (exact) mass is 265 g/mol. The van der Waals surface area contributed by atoms with E-state index in [9.17, 15) is 14.0 Å². The minimum Gasteiger partial charge on any atom is -0.478 e. The highest BCUT2D eigenvalue weighted by molar-refractivity contribution is 5.95. The van der Waals surface area contributed by atoms with Gasteiger partial charge in [-0.05, 0) is 44.5 Å². The predicted molar refractivity (Wildman–Crippen MR) is 70.3 cm³/mol. The number of halogens is 1. The maximum absolute atomic E-state index is 13.6. The van der Waals surface area contributed by atoms with Crippen molar-refractivity contribution < 1.29 is 19.1 Å². The Morgan fingerprint density at radius 1 is 1.32 bits per heavy atom. The fraction of sp³-hybridized carbons (Fsp3) is 0.286. The molecule has 5 heteroatoms. The summed E-state index contributed by atoms with van der Waals surface area (Å²) in [6, 6.07) is 3.86. The fourth-order valence-corrected chi connectivity index (χ4v) is 1.40. The molecule has 19 heavy (non-hydrogen) atoms. The van der Waals surface area contributed by atoms with Gasteiger partial charge in [-0.25, -0.2) is 9.18 Å². The highest BCUT2D eigenvalue weighted by atomic mass is 19.1. The molecule has 0 aliphatic heterocycles. The number of benzene rings is 1. The van der Waals surface area contributed by atoms with E-state index in [1.807, 2.05) is 0 Å². The normalized spacial score (nSPS) is 11.6. The standard InChI is InChI=1S/C14H16FNO3/c1-14(2,3)16-13(19)10-8-9(4-6-11(10)15)5-7-12(17)18/h4-8H,1-3H3,(H,16,19)(H,17,18)/b7-5+. The summed E-state index contributed by atoms with van der Waals surface area (Å²) in [6.45, 7) is 5.37. The Bertz CT molecular complexity index is 530. The van der Waals surface area contributed by atoms with Gasteiger partial charge in [0.25, 0.3) is 5.91 Å². The third kappa shape index (κ3) is 4.91. The van der Waals surface area contributed by atoms with E-state index in [0.717, 1.165) is 12.1 Å². The Balaban J connectivity index is 3.04. The van der Waals surface area contributed by atoms with Crippen LogP contribution in [0.25, 0.3) is 6.08 Å². The lowest BCUT2D eigenvalue weighted by Gasteiger charge is -2.20. The third-order valence-corrected chi connectivity index (χ3v) is 2.14. The second-order valence-corrected chi connectivity index (χ2v) is 5.11. The van der Waals surface area contributed by atoms with Crippen LogP contribution >= 0.6 is 0 Å². The van der Waals surface area contributed by atoms with E-state index in [4.69, 9.17) is 5.11 Å². The van der Waals surface area contributed by atoms with Gasteiger partial charge in [-0.2, -0.15) is 0 Å². The number of aliphatic carboxylic acids is 1. The zero-order chi connectivity index (χ0) is 14.6. The number of rotatable bonds is 3. The van der Waals surface area contributed by atoms with Crippen LogP contribution in [0.5, 0.6) is 0 Å². The van der Waals surface area contributed by atoms with Crippen molar-refractivity contribution in [3.05, 3.63) is 41.2 Å². The van der Waals surface area contributed by atoms with Gasteiger partial charge in [0, 0.05) is 11.6 Å². The smallest absolute Gasteiger partial charge is 0.328 e. The van der Waals surface area contributed by atoms with Crippen LogP contribution in [-0.4, -0.2) is 22.5 Å². The van der Waals surface area contributed by atoms with Crippen molar-refractivity contribution in [2.24, 2.45) is 0 Å². The summed E-state index contributed by atoms with van der Waals surface area (Å²) in [5.74, 6) is -2.28. The van der Waals surface area contributed by atoms with Gasteiger partial charge in [-0.15, -0.1) is 0 Å². The number of carbonyl (C=O) groups is 2. The first-order valence-corrected chi connectivity index (χ1v) is 5.72. The molecule has 0 unspecified atom stereocenters. The van der Waals surface area contributed by atoms with Crippen molar-refractivity contribution in [2.75, 3.05) is 0 Å². The van der Waals surface area contributed by atoms with E-state index in [1.54, 1.807) is 20.8 Å². The second-order valence-electron chi connectivity index (χ2n) is 5.11. The molecule has 0 saturated carbocycles. The van der Waals surface area contributed by atoms with Crippen molar-refractivity contribution >= 4 is 18.0 Å². The van der Waals surface area contributed by atoms with Gasteiger partial charge in [-0.3, -0.25) is 4.79 Å². The van der Waals surface area contributed by atoms with Crippen LogP contribution in [0.3, 0.4) is 0 Å². The summed E-state index contributed by atoms with van der Waals surface area (Å²) in [7, 11) is 0. The van der Waals surface area contributed by atoms with E-state index in [0.29, 0.717) is 5.56 Å². The SMILES string of the molecule is CC(C)(C)NC(=O)c1cc(/C=C/C(=O)O)ccc1F. The first kappa shape index (κ1) is 14.9. The maximum Gasteiger partial charge on any atom is 0.328 e. The van der Waals surface area contributed by atoms with Crippen molar-refractivity contribution in [1.82, 2.24) is 5.32 Å². The summed E-state index contributed by atoms with van der Waals surface area (Å²) >= 11 is 0. The van der Waals surface area contributed by atoms with E-state index in [1.165, 1.54) is 18.2 Å². The average molecular weight is 265 g/mol. The first-order valence-electron chi connectivity index (χ1n) is 5.72. The molecule has 2 N–H and O–H groups in total. The molecule has 102 valence electrons. The Kier molecular flexibility index (Phi) is 4.43. The minimum atomic E-state index is -1.11. The molecule has 4 nitrogen and oxygen atoms in total. The van der Waals surface area contributed by atoms with Crippen molar-refractivity contribution in [1.29, 1.82) is 0 Å². The predicted octanol–water partition coefficient (Wildman–Crippen LogP) is 2.45. The Morgan fingerprint density at radius 3 is 2.47 bits per heavy atom. The van der Waals surface area contributed by atoms with Crippen LogP contribution < -0.4 is 5.32 Å². The number of carboxylic acids is 1. The number of hydrogen-bond donors (Lipinski definition) is 2. The molecule has 1 aromatic rings. The number of amides is 1. The summed E-state index contributed by atoms with van der Waals surface area (Å²) in [5.41, 5.74) is -0.138. The lowest BCUT2D eigenvalue weighted by atomic mass is 10.1. The molecule has 0 aliphatic rings. The van der Waals surface area contributed by atoms with Gasteiger partial charge in [0.15, 0.2) is 0 Å². The molecule has 1 aromatic carbocycles. The van der Waals surface area contributed by atoms with Crippen molar-refractivity contribution in [3.8, 4) is 0 Å². The molecule has 0 fully saturated rings. The van der Waals surface area contributed by atoms with Crippen LogP contribution in [0, 0.1) is 5.82 Å². The maximum atomic E-state index is 13.6. The topological polar surface area (TPSA) is 66.4 Å². The molecule has 0 radical (unpaired) electrons.